The van der Waals surface area contributed by atoms with Crippen molar-refractivity contribution in [1.29, 1.82) is 0 Å². The molecule has 54 heavy (non-hydrogen) atoms. The Balaban J connectivity index is 1.16. The Morgan fingerprint density at radius 1 is 0.574 bits per heavy atom. The molecular weight excluding hydrogens is 655 g/mol. The van der Waals surface area contributed by atoms with Crippen molar-refractivity contribution in [2.45, 2.75) is 25.4 Å². The minimum atomic E-state index is -0.268. The number of aromatic nitrogens is 1. The van der Waals surface area contributed by atoms with Crippen molar-refractivity contribution < 1.29 is 0 Å². The Labute approximate surface area is 314 Å². The topological polar surface area (TPSA) is 29.3 Å². The molecule has 3 heteroatoms. The maximum absolute atomic E-state index is 5.35. The van der Waals surface area contributed by atoms with Crippen LogP contribution in [0.5, 0.6) is 0 Å². The summed E-state index contributed by atoms with van der Waals surface area (Å²) in [5.41, 5.74) is 14.2. The van der Waals surface area contributed by atoms with Crippen LogP contribution >= 0.6 is 0 Å². The standard InChI is InChI=1S/C51H37N3/c1-51(2)42-29-36(50-52-43(33-16-5-3-6-17-33)31-44(53-50)34-18-7-4-8-19-34)26-28-41(42)47-46(30-35-20-10-11-21-37(35)48(47)51)54-45-24-14-13-23-39(45)40-27-25-32-15-9-12-22-38(32)49(40)54/h3-31,50,52H,1-2H3. The third kappa shape index (κ3) is 4.51. The van der Waals surface area contributed by atoms with E-state index in [2.05, 4.69) is 200 Å². The number of nitrogens with zero attached hydrogens (tertiary/aromatic N) is 2. The van der Waals surface area contributed by atoms with Crippen LogP contribution in [0.15, 0.2) is 181 Å². The molecule has 1 aliphatic heterocycles. The number of nitrogens with one attached hydrogen (secondary N) is 1. The molecule has 8 aromatic carbocycles. The van der Waals surface area contributed by atoms with Gasteiger partial charge in [-0.3, -0.25) is 4.99 Å². The van der Waals surface area contributed by atoms with Crippen molar-refractivity contribution in [3.8, 4) is 16.8 Å². The second kappa shape index (κ2) is 11.6. The summed E-state index contributed by atoms with van der Waals surface area (Å²) in [5.74, 6) is 0. The summed E-state index contributed by atoms with van der Waals surface area (Å²) in [6.07, 6.45) is 1.94. The van der Waals surface area contributed by atoms with Gasteiger partial charge in [-0.2, -0.15) is 0 Å². The van der Waals surface area contributed by atoms with Gasteiger partial charge in [-0.05, 0) is 67.7 Å². The number of aliphatic imine (C=N–C) groups is 1. The van der Waals surface area contributed by atoms with Crippen molar-refractivity contribution in [2.24, 2.45) is 4.99 Å². The summed E-state index contributed by atoms with van der Waals surface area (Å²) in [6.45, 7) is 4.81. The minimum absolute atomic E-state index is 0.245. The number of fused-ring (bicyclic) bond motifs is 10. The molecule has 2 heterocycles. The predicted molar refractivity (Wildman–Crippen MR) is 227 cm³/mol. The number of para-hydroxylation sites is 1. The first kappa shape index (κ1) is 30.9. The fourth-order valence-corrected chi connectivity index (χ4v) is 9.26. The summed E-state index contributed by atoms with van der Waals surface area (Å²) in [4.78, 5) is 5.35. The van der Waals surface area contributed by atoms with E-state index in [-0.39, 0.29) is 11.6 Å². The van der Waals surface area contributed by atoms with Gasteiger partial charge in [-0.25, -0.2) is 0 Å². The van der Waals surface area contributed by atoms with Crippen LogP contribution in [0.2, 0.25) is 0 Å². The van der Waals surface area contributed by atoms with Gasteiger partial charge in [0.15, 0.2) is 0 Å². The first-order chi connectivity index (χ1) is 26.5. The van der Waals surface area contributed by atoms with Gasteiger partial charge in [0.1, 0.15) is 6.17 Å². The molecule has 0 radical (unpaired) electrons. The molecule has 0 amide bonds. The Morgan fingerprint density at radius 2 is 1.24 bits per heavy atom. The Hall–Kier alpha value is -6.71. The minimum Gasteiger partial charge on any atom is -0.360 e. The van der Waals surface area contributed by atoms with Crippen LogP contribution in [0.3, 0.4) is 0 Å². The zero-order chi connectivity index (χ0) is 36.0. The third-order valence-corrected chi connectivity index (χ3v) is 11.8. The second-order valence-corrected chi connectivity index (χ2v) is 15.2. The molecular formula is C51H37N3. The molecule has 2 aliphatic rings. The fourth-order valence-electron chi connectivity index (χ4n) is 9.26. The quantitative estimate of drug-likeness (QED) is 0.196. The van der Waals surface area contributed by atoms with E-state index in [0.717, 1.165) is 28.1 Å². The monoisotopic (exact) mass is 691 g/mol. The largest absolute Gasteiger partial charge is 0.360 e. The maximum Gasteiger partial charge on any atom is 0.145 e. The molecule has 1 atom stereocenters. The Bertz CT molecular complexity index is 3040. The lowest BCUT2D eigenvalue weighted by atomic mass is 9.79. The summed E-state index contributed by atoms with van der Waals surface area (Å²) in [5, 5.41) is 11.4. The van der Waals surface area contributed by atoms with Gasteiger partial charge < -0.3 is 9.88 Å². The average Bonchev–Trinajstić information content (AvgIpc) is 3.70. The number of rotatable bonds is 4. The molecule has 11 rings (SSSR count). The SMILES string of the molecule is CC1(C)c2cc(C3N=C(c4ccccc4)C=C(c4ccccc4)N3)ccc2-c2c(-n3c4ccccc4c4ccc5ccccc5c43)cc3ccccc3c21. The molecule has 1 aromatic heterocycles. The van der Waals surface area contributed by atoms with Crippen LogP contribution in [0.1, 0.15) is 47.8 Å². The smallest absolute Gasteiger partial charge is 0.145 e. The van der Waals surface area contributed by atoms with Crippen LogP contribution in [0.4, 0.5) is 0 Å². The highest BCUT2D eigenvalue weighted by atomic mass is 15.1. The molecule has 0 fully saturated rings. The lowest BCUT2D eigenvalue weighted by molar-refractivity contribution is 0.644. The van der Waals surface area contributed by atoms with E-state index >= 15 is 0 Å². The van der Waals surface area contributed by atoms with E-state index in [4.69, 9.17) is 4.99 Å². The second-order valence-electron chi connectivity index (χ2n) is 15.2. The summed E-state index contributed by atoms with van der Waals surface area (Å²) >= 11 is 0. The summed E-state index contributed by atoms with van der Waals surface area (Å²) in [7, 11) is 0. The summed E-state index contributed by atoms with van der Waals surface area (Å²) in [6, 6.07) is 61.8. The van der Waals surface area contributed by atoms with Crippen molar-refractivity contribution in [3.63, 3.8) is 0 Å². The van der Waals surface area contributed by atoms with Crippen molar-refractivity contribution in [1.82, 2.24) is 9.88 Å². The number of allylic oxidation sites excluding steroid dienone is 1. The van der Waals surface area contributed by atoms with Gasteiger partial charge in [0.25, 0.3) is 0 Å². The van der Waals surface area contributed by atoms with Crippen LogP contribution in [0, 0.1) is 0 Å². The zero-order valence-corrected chi connectivity index (χ0v) is 30.2. The lowest BCUT2D eigenvalue weighted by Crippen LogP contribution is -2.25. The highest BCUT2D eigenvalue weighted by Crippen LogP contribution is 2.55. The number of benzene rings is 8. The van der Waals surface area contributed by atoms with E-state index < -0.39 is 0 Å². The highest BCUT2D eigenvalue weighted by Gasteiger charge is 2.40. The van der Waals surface area contributed by atoms with Gasteiger partial charge in [0, 0.05) is 32.8 Å². The third-order valence-electron chi connectivity index (χ3n) is 11.8. The van der Waals surface area contributed by atoms with Crippen LogP contribution in [-0.4, -0.2) is 10.3 Å². The highest BCUT2D eigenvalue weighted by molar-refractivity contribution is 6.19. The molecule has 0 spiro atoms. The van der Waals surface area contributed by atoms with E-state index in [1.165, 1.54) is 71.3 Å². The van der Waals surface area contributed by atoms with Crippen LogP contribution < -0.4 is 5.32 Å². The summed E-state index contributed by atoms with van der Waals surface area (Å²) < 4.78 is 2.55. The Kier molecular flexibility index (Phi) is 6.66. The van der Waals surface area contributed by atoms with Crippen molar-refractivity contribution in [3.05, 3.63) is 204 Å². The van der Waals surface area contributed by atoms with Crippen molar-refractivity contribution >= 4 is 54.8 Å². The molecule has 1 aliphatic carbocycles. The van der Waals surface area contributed by atoms with Crippen molar-refractivity contribution in [2.75, 3.05) is 0 Å². The lowest BCUT2D eigenvalue weighted by Gasteiger charge is -2.27. The first-order valence-electron chi connectivity index (χ1n) is 18.8. The van der Waals surface area contributed by atoms with E-state index in [9.17, 15) is 0 Å². The fraction of sp³-hybridized carbons (Fsp3) is 0.0784. The Morgan fingerprint density at radius 3 is 2.04 bits per heavy atom. The van der Waals surface area contributed by atoms with Gasteiger partial charge in [-0.15, -0.1) is 0 Å². The van der Waals surface area contributed by atoms with E-state index in [0.29, 0.717) is 0 Å². The predicted octanol–water partition coefficient (Wildman–Crippen LogP) is 12.5. The van der Waals surface area contributed by atoms with Crippen LogP contribution in [0.25, 0.3) is 65.9 Å². The molecule has 0 saturated heterocycles. The van der Waals surface area contributed by atoms with Gasteiger partial charge in [0.2, 0.25) is 0 Å². The zero-order valence-electron chi connectivity index (χ0n) is 30.2. The molecule has 1 unspecified atom stereocenters. The maximum atomic E-state index is 5.35. The molecule has 0 bridgehead atoms. The molecule has 1 N–H and O–H groups in total. The van der Waals surface area contributed by atoms with E-state index in [1.807, 2.05) is 0 Å². The number of hydrogen-bond donors (Lipinski definition) is 1. The average molecular weight is 692 g/mol. The van der Waals surface area contributed by atoms with Gasteiger partial charge in [-0.1, -0.05) is 172 Å². The molecule has 3 nitrogen and oxygen atoms in total. The first-order valence-corrected chi connectivity index (χ1v) is 18.8. The van der Waals surface area contributed by atoms with Crippen LogP contribution in [-0.2, 0) is 5.41 Å². The number of hydrogen-bond acceptors (Lipinski definition) is 2. The van der Waals surface area contributed by atoms with Gasteiger partial charge in [0.05, 0.1) is 22.4 Å². The molecule has 256 valence electrons. The van der Waals surface area contributed by atoms with E-state index in [1.54, 1.807) is 0 Å². The van der Waals surface area contributed by atoms with Gasteiger partial charge >= 0.3 is 0 Å². The molecule has 0 saturated carbocycles. The normalized spacial score (nSPS) is 15.9. The molecule has 9 aromatic rings.